The lowest BCUT2D eigenvalue weighted by molar-refractivity contribution is -0.384. The van der Waals surface area contributed by atoms with E-state index >= 15 is 0 Å². The van der Waals surface area contributed by atoms with Gasteiger partial charge in [0.1, 0.15) is 6.61 Å². The van der Waals surface area contributed by atoms with Gasteiger partial charge in [0.25, 0.3) is 5.69 Å². The van der Waals surface area contributed by atoms with Crippen LogP contribution < -0.4 is 16.4 Å². The second-order valence-corrected chi connectivity index (χ2v) is 11.8. The third kappa shape index (κ3) is 7.80. The number of aromatic nitrogens is 4. The van der Waals surface area contributed by atoms with E-state index in [1.807, 2.05) is 6.33 Å². The molecule has 6 rings (SSSR count). The first-order valence-corrected chi connectivity index (χ1v) is 15.1. The molecule has 2 aromatic heterocycles. The lowest BCUT2D eigenvalue weighted by Crippen LogP contribution is -2.42. The molecule has 0 spiro atoms. The minimum absolute atomic E-state index is 0. The van der Waals surface area contributed by atoms with Crippen LogP contribution in [0, 0.1) is 10.1 Å². The second kappa shape index (κ2) is 15.0. The van der Waals surface area contributed by atoms with Crippen LogP contribution in [0.3, 0.4) is 0 Å². The van der Waals surface area contributed by atoms with Crippen LogP contribution in [0.5, 0.6) is 0 Å². The quantitative estimate of drug-likeness (QED) is 0.207. The number of carbonyl (C=O) groups is 1. The molecule has 44 heavy (non-hydrogen) atoms. The van der Waals surface area contributed by atoms with E-state index in [-0.39, 0.29) is 55.3 Å². The maximum Gasteiger partial charge on any atom is 0.410 e. The van der Waals surface area contributed by atoms with Gasteiger partial charge in [0.2, 0.25) is 5.95 Å². The Hall–Kier alpha value is -3.42. The number of likely N-dealkylation sites (tertiary alicyclic amines) is 1. The van der Waals surface area contributed by atoms with Gasteiger partial charge in [-0.05, 0) is 69.1 Å². The number of nitrogens with two attached hydrogens (primary N) is 1. The van der Waals surface area contributed by atoms with Crippen LogP contribution in [0.2, 0.25) is 0 Å². The SMILES string of the molecule is Cl.Cl.NC1CCC(Nc2nc(NC3CCN(C(=O)OCc4ccc([N+](=O)[O-])cc4)CC3)c3ncn(C4CCCC4)c3n2)CC1. The number of benzene rings is 1. The number of piperidine rings is 1. The molecule has 1 aromatic carbocycles. The highest BCUT2D eigenvalue weighted by atomic mass is 35.5. The number of nitro groups is 1. The highest BCUT2D eigenvalue weighted by Crippen LogP contribution is 2.34. The summed E-state index contributed by atoms with van der Waals surface area (Å²) in [5.74, 6) is 1.35. The number of rotatable bonds is 8. The fraction of sp³-hybridized carbons (Fsp3) is 0.586. The standard InChI is InChI=1S/C29H39N9O4.2ClH/c30-20-7-9-21(10-8-20)33-28-34-26(25-27(35-28)37(18-31-25)23-3-1-2-4-23)32-22-13-15-36(16-14-22)29(39)42-17-19-5-11-24(12-6-19)38(40)41;;/h5-6,11-12,18,20-23H,1-4,7-10,13-17,30H2,(H2,32,33,34,35);2*1H. The molecule has 3 heterocycles. The highest BCUT2D eigenvalue weighted by molar-refractivity contribution is 5.86. The second-order valence-electron chi connectivity index (χ2n) is 11.8. The van der Waals surface area contributed by atoms with Crippen LogP contribution in [0.4, 0.5) is 22.2 Å². The van der Waals surface area contributed by atoms with Crippen molar-refractivity contribution >= 4 is 59.5 Å². The predicted molar refractivity (Wildman–Crippen MR) is 173 cm³/mol. The summed E-state index contributed by atoms with van der Waals surface area (Å²) in [4.78, 5) is 39.4. The van der Waals surface area contributed by atoms with Crippen LogP contribution in [-0.2, 0) is 11.3 Å². The summed E-state index contributed by atoms with van der Waals surface area (Å²) in [7, 11) is 0. The summed E-state index contributed by atoms with van der Waals surface area (Å²) >= 11 is 0. The molecule has 4 N–H and O–H groups in total. The topological polar surface area (TPSA) is 166 Å². The molecule has 0 unspecified atom stereocenters. The zero-order valence-electron chi connectivity index (χ0n) is 24.6. The van der Waals surface area contributed by atoms with Crippen LogP contribution in [-0.4, -0.2) is 66.7 Å². The van der Waals surface area contributed by atoms with Crippen molar-refractivity contribution in [3.63, 3.8) is 0 Å². The van der Waals surface area contributed by atoms with Crippen LogP contribution in [0.15, 0.2) is 30.6 Å². The van der Waals surface area contributed by atoms with Crippen molar-refractivity contribution in [2.24, 2.45) is 5.73 Å². The van der Waals surface area contributed by atoms with Gasteiger partial charge in [-0.3, -0.25) is 10.1 Å². The number of amides is 1. The minimum atomic E-state index is -0.452. The summed E-state index contributed by atoms with van der Waals surface area (Å²) in [6.07, 6.45) is 11.7. The maximum atomic E-state index is 12.7. The van der Waals surface area contributed by atoms with Gasteiger partial charge in [0.15, 0.2) is 17.0 Å². The number of fused-ring (bicyclic) bond motifs is 1. The fourth-order valence-electron chi connectivity index (χ4n) is 6.33. The van der Waals surface area contributed by atoms with Crippen molar-refractivity contribution in [1.29, 1.82) is 0 Å². The number of anilines is 2. The number of carbonyl (C=O) groups excluding carboxylic acids is 1. The summed E-state index contributed by atoms with van der Waals surface area (Å²) in [5.41, 5.74) is 8.48. The molecule has 0 radical (unpaired) electrons. The van der Waals surface area contributed by atoms with Crippen molar-refractivity contribution in [3.05, 3.63) is 46.3 Å². The van der Waals surface area contributed by atoms with Gasteiger partial charge >= 0.3 is 6.09 Å². The summed E-state index contributed by atoms with van der Waals surface area (Å²) in [6, 6.07) is 7.14. The van der Waals surface area contributed by atoms with Gasteiger partial charge in [-0.2, -0.15) is 9.97 Å². The van der Waals surface area contributed by atoms with Crippen molar-refractivity contribution in [2.75, 3.05) is 23.7 Å². The molecule has 1 aliphatic heterocycles. The van der Waals surface area contributed by atoms with Gasteiger partial charge in [-0.25, -0.2) is 9.78 Å². The average Bonchev–Trinajstić information content (AvgIpc) is 3.68. The fourth-order valence-corrected chi connectivity index (χ4v) is 6.33. The van der Waals surface area contributed by atoms with E-state index in [0.29, 0.717) is 36.7 Å². The maximum absolute atomic E-state index is 12.7. The Bertz CT molecular complexity index is 1400. The van der Waals surface area contributed by atoms with Gasteiger partial charge in [0, 0.05) is 49.4 Å². The lowest BCUT2D eigenvalue weighted by atomic mass is 9.92. The summed E-state index contributed by atoms with van der Waals surface area (Å²) < 4.78 is 7.70. The first-order chi connectivity index (χ1) is 20.4. The van der Waals surface area contributed by atoms with E-state index < -0.39 is 4.92 Å². The number of hydrogen-bond acceptors (Lipinski definition) is 10. The molecule has 1 saturated heterocycles. The Morgan fingerprint density at radius 1 is 0.955 bits per heavy atom. The van der Waals surface area contributed by atoms with Crippen LogP contribution in [0.25, 0.3) is 11.2 Å². The Morgan fingerprint density at radius 3 is 2.27 bits per heavy atom. The first-order valence-electron chi connectivity index (χ1n) is 15.1. The number of halogens is 2. The van der Waals surface area contributed by atoms with E-state index in [0.717, 1.165) is 68.3 Å². The normalized spacial score (nSPS) is 20.9. The number of imidazole rings is 1. The number of nitrogens with one attached hydrogen (secondary N) is 2. The van der Waals surface area contributed by atoms with Gasteiger partial charge < -0.3 is 30.6 Å². The molecule has 1 amide bonds. The molecule has 240 valence electrons. The van der Waals surface area contributed by atoms with Crippen LogP contribution in [0.1, 0.15) is 75.8 Å². The average molecular weight is 651 g/mol. The summed E-state index contributed by atoms with van der Waals surface area (Å²) in [6.45, 7) is 1.17. The van der Waals surface area contributed by atoms with Gasteiger partial charge in [-0.1, -0.05) is 12.8 Å². The highest BCUT2D eigenvalue weighted by Gasteiger charge is 2.27. The lowest BCUT2D eigenvalue weighted by Gasteiger charge is -2.32. The molecule has 3 aliphatic rings. The van der Waals surface area contributed by atoms with Crippen molar-refractivity contribution in [2.45, 2.75) is 95.0 Å². The van der Waals surface area contributed by atoms with Crippen molar-refractivity contribution in [3.8, 4) is 0 Å². The third-order valence-electron chi connectivity index (χ3n) is 8.85. The molecular weight excluding hydrogens is 609 g/mol. The zero-order valence-corrected chi connectivity index (χ0v) is 26.2. The van der Waals surface area contributed by atoms with Gasteiger partial charge in [0.05, 0.1) is 11.3 Å². The summed E-state index contributed by atoms with van der Waals surface area (Å²) in [5, 5.41) is 18.0. The zero-order chi connectivity index (χ0) is 29.1. The number of nitrogens with zero attached hydrogens (tertiary/aromatic N) is 6. The predicted octanol–water partition coefficient (Wildman–Crippen LogP) is 5.59. The molecule has 0 atom stereocenters. The monoisotopic (exact) mass is 649 g/mol. The first kappa shape index (κ1) is 33.5. The van der Waals surface area contributed by atoms with Crippen molar-refractivity contribution < 1.29 is 14.5 Å². The number of nitro benzene ring substituents is 1. The Balaban J connectivity index is 0.00000221. The number of ether oxygens (including phenoxy) is 1. The van der Waals surface area contributed by atoms with E-state index in [1.54, 1.807) is 17.0 Å². The van der Waals surface area contributed by atoms with E-state index in [4.69, 9.17) is 25.4 Å². The van der Waals surface area contributed by atoms with Gasteiger partial charge in [-0.15, -0.1) is 24.8 Å². The minimum Gasteiger partial charge on any atom is -0.445 e. The van der Waals surface area contributed by atoms with E-state index in [2.05, 4.69) is 15.2 Å². The Kier molecular flexibility index (Phi) is 11.4. The molecule has 13 nitrogen and oxygen atoms in total. The molecule has 2 saturated carbocycles. The molecule has 0 bridgehead atoms. The number of hydrogen-bond donors (Lipinski definition) is 3. The van der Waals surface area contributed by atoms with E-state index in [1.165, 1.54) is 25.0 Å². The smallest absolute Gasteiger partial charge is 0.410 e. The van der Waals surface area contributed by atoms with Crippen molar-refractivity contribution in [1.82, 2.24) is 24.4 Å². The Morgan fingerprint density at radius 2 is 1.61 bits per heavy atom. The number of non-ortho nitro benzene ring substituents is 1. The molecular formula is C29H41Cl2N9O4. The third-order valence-corrected chi connectivity index (χ3v) is 8.85. The largest absolute Gasteiger partial charge is 0.445 e. The molecule has 2 aliphatic carbocycles. The van der Waals surface area contributed by atoms with E-state index in [9.17, 15) is 14.9 Å². The molecule has 3 aromatic rings. The molecule has 3 fully saturated rings. The Labute approximate surface area is 268 Å². The molecule has 15 heteroatoms. The van der Waals surface area contributed by atoms with Crippen LogP contribution >= 0.6 is 24.8 Å².